The van der Waals surface area contributed by atoms with Crippen molar-refractivity contribution in [1.82, 2.24) is 4.31 Å². The van der Waals surface area contributed by atoms with Gasteiger partial charge in [0.1, 0.15) is 10.7 Å². The van der Waals surface area contributed by atoms with Crippen LogP contribution in [0.1, 0.15) is 17.3 Å². The first-order chi connectivity index (χ1) is 14.7. The average molecular weight is 453 g/mol. The third-order valence-corrected chi connectivity index (χ3v) is 7.27. The fraction of sp³-hybridized carbons (Fsp3) is 0.381. The number of esters is 1. The van der Waals surface area contributed by atoms with Crippen molar-refractivity contribution in [1.29, 1.82) is 0 Å². The second-order valence-electron chi connectivity index (χ2n) is 7.09. The van der Waals surface area contributed by atoms with E-state index in [1.165, 1.54) is 25.6 Å². The van der Waals surface area contributed by atoms with Gasteiger partial charge < -0.3 is 19.1 Å². The van der Waals surface area contributed by atoms with Crippen molar-refractivity contribution in [3.63, 3.8) is 0 Å². The molecule has 0 bridgehead atoms. The van der Waals surface area contributed by atoms with Crippen LogP contribution < -0.4 is 14.4 Å². The molecule has 0 amide bonds. The number of hydrogen-bond donors (Lipinski definition) is 0. The number of halogens is 1. The standard InChI is InChI=1S/C21H25FN2O6S/c1-14-13-23(16-7-5-15(6-8-16)21(25)30-4)9-10-24(14)31(26,27)20-12-19(29-3)18(28-2)11-17(20)22/h5-8,11-12,14H,9-10,13H2,1-4H3. The van der Waals surface area contributed by atoms with Crippen molar-refractivity contribution in [3.05, 3.63) is 47.8 Å². The largest absolute Gasteiger partial charge is 0.493 e. The summed E-state index contributed by atoms with van der Waals surface area (Å²) in [5.74, 6) is -1.06. The van der Waals surface area contributed by atoms with Gasteiger partial charge in [0.25, 0.3) is 0 Å². The van der Waals surface area contributed by atoms with E-state index in [0.29, 0.717) is 18.7 Å². The highest BCUT2D eigenvalue weighted by molar-refractivity contribution is 7.89. The number of ether oxygens (including phenoxy) is 3. The maximum atomic E-state index is 14.6. The zero-order valence-electron chi connectivity index (χ0n) is 17.8. The highest BCUT2D eigenvalue weighted by Gasteiger charge is 2.36. The van der Waals surface area contributed by atoms with Gasteiger partial charge in [-0.3, -0.25) is 0 Å². The van der Waals surface area contributed by atoms with Crippen LogP contribution in [0.5, 0.6) is 11.5 Å². The fourth-order valence-corrected chi connectivity index (χ4v) is 5.29. The Kier molecular flexibility index (Phi) is 6.71. The number of carbonyl (C=O) groups is 1. The summed E-state index contributed by atoms with van der Waals surface area (Å²) in [7, 11) is -0.0614. The van der Waals surface area contributed by atoms with E-state index in [1.807, 2.05) is 4.90 Å². The molecule has 0 saturated carbocycles. The lowest BCUT2D eigenvalue weighted by molar-refractivity contribution is 0.0600. The molecule has 168 valence electrons. The molecule has 0 N–H and O–H groups in total. The summed E-state index contributed by atoms with van der Waals surface area (Å²) in [4.78, 5) is 13.2. The van der Waals surface area contributed by atoms with E-state index >= 15 is 0 Å². The molecule has 1 saturated heterocycles. The minimum absolute atomic E-state index is 0.118. The summed E-state index contributed by atoms with van der Waals surface area (Å²) in [6, 6.07) is 8.64. The number of benzene rings is 2. The van der Waals surface area contributed by atoms with Crippen LogP contribution in [0.3, 0.4) is 0 Å². The summed E-state index contributed by atoms with van der Waals surface area (Å²) < 4.78 is 57.2. The van der Waals surface area contributed by atoms with Crippen LogP contribution in [0, 0.1) is 5.82 Å². The highest BCUT2D eigenvalue weighted by atomic mass is 32.2. The molecule has 0 spiro atoms. The molecule has 10 heteroatoms. The summed E-state index contributed by atoms with van der Waals surface area (Å²) in [6.07, 6.45) is 0. The van der Waals surface area contributed by atoms with Gasteiger partial charge in [0, 0.05) is 43.5 Å². The molecule has 8 nitrogen and oxygen atoms in total. The number of hydrogen-bond acceptors (Lipinski definition) is 7. The van der Waals surface area contributed by atoms with Gasteiger partial charge in [-0.05, 0) is 31.2 Å². The second-order valence-corrected chi connectivity index (χ2v) is 8.95. The monoisotopic (exact) mass is 452 g/mol. The molecule has 1 fully saturated rings. The number of methoxy groups -OCH3 is 3. The maximum Gasteiger partial charge on any atom is 0.337 e. The lowest BCUT2D eigenvalue weighted by atomic mass is 10.1. The van der Waals surface area contributed by atoms with E-state index < -0.39 is 32.7 Å². The summed E-state index contributed by atoms with van der Waals surface area (Å²) in [5.41, 5.74) is 1.29. The number of piperazine rings is 1. The molecule has 1 aliphatic rings. The summed E-state index contributed by atoms with van der Waals surface area (Å²) in [6.45, 7) is 2.77. The molecule has 0 aromatic heterocycles. The first-order valence-electron chi connectivity index (χ1n) is 9.59. The Balaban J connectivity index is 1.81. The first-order valence-corrected chi connectivity index (χ1v) is 11.0. The molecule has 31 heavy (non-hydrogen) atoms. The van der Waals surface area contributed by atoms with Gasteiger partial charge >= 0.3 is 5.97 Å². The molecular formula is C21H25FN2O6S. The third-order valence-electron chi connectivity index (χ3n) is 5.24. The molecule has 1 heterocycles. The molecular weight excluding hydrogens is 427 g/mol. The Morgan fingerprint density at radius 3 is 2.19 bits per heavy atom. The van der Waals surface area contributed by atoms with Crippen molar-refractivity contribution in [2.45, 2.75) is 17.9 Å². The predicted octanol–water partition coefficient (Wildman–Crippen LogP) is 2.53. The normalized spacial score (nSPS) is 17.3. The van der Waals surface area contributed by atoms with Gasteiger partial charge in [0.15, 0.2) is 11.5 Å². The summed E-state index contributed by atoms with van der Waals surface area (Å²) >= 11 is 0. The molecule has 0 aliphatic carbocycles. The molecule has 3 rings (SSSR count). The topological polar surface area (TPSA) is 85.4 Å². The lowest BCUT2D eigenvalue weighted by Crippen LogP contribution is -2.54. The predicted molar refractivity (Wildman–Crippen MR) is 113 cm³/mol. The third kappa shape index (κ3) is 4.45. The van der Waals surface area contributed by atoms with E-state index in [-0.39, 0.29) is 18.0 Å². The number of nitrogens with zero attached hydrogens (tertiary/aromatic N) is 2. The number of rotatable bonds is 6. The molecule has 1 unspecified atom stereocenters. The fourth-order valence-electron chi connectivity index (χ4n) is 3.62. The van der Waals surface area contributed by atoms with Gasteiger partial charge in [-0.25, -0.2) is 17.6 Å². The van der Waals surface area contributed by atoms with Crippen LogP contribution in [0.2, 0.25) is 0 Å². The van der Waals surface area contributed by atoms with Crippen molar-refractivity contribution < 1.29 is 31.8 Å². The number of carbonyl (C=O) groups excluding carboxylic acids is 1. The minimum Gasteiger partial charge on any atom is -0.493 e. The smallest absolute Gasteiger partial charge is 0.337 e. The van der Waals surface area contributed by atoms with E-state index in [9.17, 15) is 17.6 Å². The van der Waals surface area contributed by atoms with E-state index in [0.717, 1.165) is 17.8 Å². The van der Waals surface area contributed by atoms with E-state index in [2.05, 4.69) is 0 Å². The van der Waals surface area contributed by atoms with Crippen LogP contribution >= 0.6 is 0 Å². The Morgan fingerprint density at radius 1 is 1.03 bits per heavy atom. The van der Waals surface area contributed by atoms with Crippen LogP contribution in [0.25, 0.3) is 0 Å². The lowest BCUT2D eigenvalue weighted by Gasteiger charge is -2.40. The van der Waals surface area contributed by atoms with Crippen molar-refractivity contribution in [2.24, 2.45) is 0 Å². The number of sulfonamides is 1. The zero-order valence-corrected chi connectivity index (χ0v) is 18.6. The highest BCUT2D eigenvalue weighted by Crippen LogP contribution is 2.34. The van der Waals surface area contributed by atoms with Gasteiger partial charge in [-0.2, -0.15) is 4.31 Å². The second kappa shape index (κ2) is 9.11. The summed E-state index contributed by atoms with van der Waals surface area (Å²) in [5, 5.41) is 0. The molecule has 2 aromatic rings. The van der Waals surface area contributed by atoms with Crippen LogP contribution in [-0.4, -0.2) is 65.7 Å². The maximum absolute atomic E-state index is 14.6. The first kappa shape index (κ1) is 22.8. The van der Waals surface area contributed by atoms with Crippen molar-refractivity contribution in [2.75, 3.05) is 45.9 Å². The SMILES string of the molecule is COC(=O)c1ccc(N2CCN(S(=O)(=O)c3cc(OC)c(OC)cc3F)C(C)C2)cc1. The molecule has 1 aliphatic heterocycles. The van der Waals surface area contributed by atoms with Gasteiger partial charge in [-0.1, -0.05) is 0 Å². The number of anilines is 1. The Bertz CT molecular complexity index is 1060. The zero-order chi connectivity index (χ0) is 22.8. The van der Waals surface area contributed by atoms with Crippen molar-refractivity contribution in [3.8, 4) is 11.5 Å². The van der Waals surface area contributed by atoms with Gasteiger partial charge in [-0.15, -0.1) is 0 Å². The van der Waals surface area contributed by atoms with E-state index in [4.69, 9.17) is 14.2 Å². The minimum atomic E-state index is -4.09. The quantitative estimate of drug-likeness (QED) is 0.623. The average Bonchev–Trinajstić information content (AvgIpc) is 2.77. The van der Waals surface area contributed by atoms with Crippen LogP contribution in [0.4, 0.5) is 10.1 Å². The molecule has 0 radical (unpaired) electrons. The van der Waals surface area contributed by atoms with E-state index in [1.54, 1.807) is 31.2 Å². The van der Waals surface area contributed by atoms with Gasteiger partial charge in [0.05, 0.1) is 26.9 Å². The van der Waals surface area contributed by atoms with Crippen molar-refractivity contribution >= 4 is 21.7 Å². The van der Waals surface area contributed by atoms with Crippen LogP contribution in [-0.2, 0) is 14.8 Å². The molecule has 1 atom stereocenters. The van der Waals surface area contributed by atoms with Gasteiger partial charge in [0.2, 0.25) is 10.0 Å². The van der Waals surface area contributed by atoms with Crippen LogP contribution in [0.15, 0.2) is 41.3 Å². The Hall–Kier alpha value is -2.85. The Labute approximate surface area is 181 Å². The Morgan fingerprint density at radius 2 is 1.65 bits per heavy atom. The molecule has 2 aromatic carbocycles.